The molecule has 21 heavy (non-hydrogen) atoms. The minimum Gasteiger partial charge on any atom is -0.364 e. The number of aromatic nitrogens is 1. The van der Waals surface area contributed by atoms with Gasteiger partial charge in [-0.1, -0.05) is 0 Å². The molecular formula is C11H13F4N3O2S. The zero-order chi connectivity index (χ0) is 15.8. The van der Waals surface area contributed by atoms with Crippen molar-refractivity contribution in [1.29, 1.82) is 0 Å². The van der Waals surface area contributed by atoms with Crippen LogP contribution in [-0.4, -0.2) is 49.6 Å². The fraction of sp³-hybridized carbons (Fsp3) is 0.545. The highest BCUT2D eigenvalue weighted by molar-refractivity contribution is 7.89. The second-order valence-electron chi connectivity index (χ2n) is 4.46. The van der Waals surface area contributed by atoms with E-state index >= 15 is 0 Å². The summed E-state index contributed by atoms with van der Waals surface area (Å²) in [5.74, 6) is -6.71. The van der Waals surface area contributed by atoms with E-state index in [9.17, 15) is 26.0 Å². The molecule has 1 aromatic rings. The first-order valence-electron chi connectivity index (χ1n) is 6.20. The highest BCUT2D eigenvalue weighted by Crippen LogP contribution is 2.27. The predicted octanol–water partition coefficient (Wildman–Crippen LogP) is 1.11. The number of nitrogens with zero attached hydrogens (tertiary/aromatic N) is 3. The third-order valence-electron chi connectivity index (χ3n) is 3.29. The van der Waals surface area contributed by atoms with E-state index in [0.29, 0.717) is 0 Å². The largest absolute Gasteiger partial charge is 0.364 e. The average Bonchev–Trinajstić information content (AvgIpc) is 2.46. The van der Waals surface area contributed by atoms with Crippen LogP contribution < -0.4 is 4.90 Å². The molecule has 0 spiro atoms. The van der Waals surface area contributed by atoms with E-state index in [-0.39, 0.29) is 31.9 Å². The van der Waals surface area contributed by atoms with Crippen LogP contribution in [0.1, 0.15) is 6.92 Å². The van der Waals surface area contributed by atoms with Gasteiger partial charge in [0.25, 0.3) is 11.9 Å². The molecule has 5 nitrogen and oxygen atoms in total. The third-order valence-corrected chi connectivity index (χ3v) is 5.17. The monoisotopic (exact) mass is 327 g/mol. The lowest BCUT2D eigenvalue weighted by Crippen LogP contribution is -2.49. The molecule has 0 bridgehead atoms. The van der Waals surface area contributed by atoms with E-state index in [4.69, 9.17) is 0 Å². The van der Waals surface area contributed by atoms with Gasteiger partial charge in [-0.2, -0.15) is 26.9 Å². The third kappa shape index (κ3) is 2.95. The summed E-state index contributed by atoms with van der Waals surface area (Å²) in [5.41, 5.74) is -0.853. The van der Waals surface area contributed by atoms with E-state index in [2.05, 4.69) is 4.98 Å². The first-order valence-corrected chi connectivity index (χ1v) is 7.81. The topological polar surface area (TPSA) is 53.5 Å². The van der Waals surface area contributed by atoms with Crippen LogP contribution in [0.2, 0.25) is 0 Å². The molecule has 1 aliphatic heterocycles. The summed E-state index contributed by atoms with van der Waals surface area (Å²) in [6.45, 7) is 1.31. The lowest BCUT2D eigenvalue weighted by molar-refractivity contribution is 0.369. The van der Waals surface area contributed by atoms with Crippen molar-refractivity contribution in [2.45, 2.75) is 6.92 Å². The van der Waals surface area contributed by atoms with Gasteiger partial charge in [-0.3, -0.25) is 0 Å². The fourth-order valence-corrected chi connectivity index (χ4v) is 3.21. The van der Waals surface area contributed by atoms with E-state index < -0.39 is 39.2 Å². The maximum Gasteiger partial charge on any atom is 0.253 e. The molecule has 1 saturated heterocycles. The fourth-order valence-electron chi connectivity index (χ4n) is 2.13. The van der Waals surface area contributed by atoms with E-state index in [1.54, 1.807) is 0 Å². The second-order valence-corrected chi connectivity index (χ2v) is 6.71. The van der Waals surface area contributed by atoms with Crippen LogP contribution in [0.15, 0.2) is 0 Å². The molecule has 0 aliphatic carbocycles. The molecular weight excluding hydrogens is 314 g/mol. The molecule has 10 heteroatoms. The van der Waals surface area contributed by atoms with Gasteiger partial charge in [0.2, 0.25) is 21.7 Å². The molecule has 0 saturated carbocycles. The first-order chi connectivity index (χ1) is 9.77. The Morgan fingerprint density at radius 2 is 1.48 bits per heavy atom. The van der Waals surface area contributed by atoms with Crippen molar-refractivity contribution < 1.29 is 26.0 Å². The van der Waals surface area contributed by atoms with E-state index in [1.807, 2.05) is 0 Å². The number of hydrogen-bond acceptors (Lipinski definition) is 4. The summed E-state index contributed by atoms with van der Waals surface area (Å²) in [4.78, 5) is 3.55. The van der Waals surface area contributed by atoms with Crippen LogP contribution in [0, 0.1) is 23.5 Å². The molecule has 1 aromatic heterocycles. The Labute approximate surface area is 119 Å². The minimum absolute atomic E-state index is 0.0133. The minimum atomic E-state index is -3.40. The van der Waals surface area contributed by atoms with Crippen LogP contribution in [0.4, 0.5) is 23.2 Å². The Hall–Kier alpha value is -1.42. The van der Waals surface area contributed by atoms with Gasteiger partial charge in [0.15, 0.2) is 0 Å². The molecule has 0 atom stereocenters. The Balaban J connectivity index is 2.24. The van der Waals surface area contributed by atoms with Gasteiger partial charge in [-0.15, -0.1) is 0 Å². The number of pyridine rings is 1. The number of hydrogen-bond donors (Lipinski definition) is 0. The second kappa shape index (κ2) is 5.76. The highest BCUT2D eigenvalue weighted by atomic mass is 32.2. The van der Waals surface area contributed by atoms with Gasteiger partial charge in [0.05, 0.1) is 5.75 Å². The Morgan fingerprint density at radius 3 is 1.90 bits per heavy atom. The Morgan fingerprint density at radius 1 is 1.00 bits per heavy atom. The summed E-state index contributed by atoms with van der Waals surface area (Å²) in [7, 11) is -3.40. The van der Waals surface area contributed by atoms with Crippen LogP contribution in [0.3, 0.4) is 0 Å². The number of rotatable bonds is 3. The van der Waals surface area contributed by atoms with Crippen molar-refractivity contribution in [3.05, 3.63) is 23.5 Å². The summed E-state index contributed by atoms with van der Waals surface area (Å²) in [5, 5.41) is 0. The van der Waals surface area contributed by atoms with Crippen LogP contribution in [0.25, 0.3) is 0 Å². The van der Waals surface area contributed by atoms with Gasteiger partial charge in [-0.25, -0.2) is 8.42 Å². The quantitative estimate of drug-likeness (QED) is 0.616. The zero-order valence-electron chi connectivity index (χ0n) is 11.1. The predicted molar refractivity (Wildman–Crippen MR) is 67.3 cm³/mol. The van der Waals surface area contributed by atoms with Gasteiger partial charge >= 0.3 is 0 Å². The molecule has 2 heterocycles. The molecule has 118 valence electrons. The highest BCUT2D eigenvalue weighted by Gasteiger charge is 2.30. The van der Waals surface area contributed by atoms with Crippen molar-refractivity contribution >= 4 is 15.7 Å². The Kier molecular flexibility index (Phi) is 4.38. The maximum atomic E-state index is 13.6. The standard InChI is InChI=1S/C11H13F4N3O2S/c1-2-21(19,20)18-5-3-17(4-6-18)9-7(12)10(14)16-11(15)8(9)13/h2-6H2,1H3. The number of halogens is 4. The van der Waals surface area contributed by atoms with Crippen LogP contribution >= 0.6 is 0 Å². The molecule has 0 aromatic carbocycles. The van der Waals surface area contributed by atoms with E-state index in [0.717, 1.165) is 4.90 Å². The molecule has 0 unspecified atom stereocenters. The summed E-state index contributed by atoms with van der Waals surface area (Å²) in [6, 6.07) is 0. The van der Waals surface area contributed by atoms with Crippen LogP contribution in [0.5, 0.6) is 0 Å². The van der Waals surface area contributed by atoms with Gasteiger partial charge in [0, 0.05) is 26.2 Å². The molecule has 1 fully saturated rings. The molecule has 0 amide bonds. The molecule has 2 rings (SSSR count). The molecule has 0 N–H and O–H groups in total. The van der Waals surface area contributed by atoms with Crippen molar-refractivity contribution in [3.63, 3.8) is 0 Å². The Bertz CT molecular complexity index is 619. The summed E-state index contributed by atoms with van der Waals surface area (Å²) < 4.78 is 77.9. The SMILES string of the molecule is CCS(=O)(=O)N1CCN(c2c(F)c(F)nc(F)c2F)CC1. The number of piperazine rings is 1. The van der Waals surface area contributed by atoms with Crippen LogP contribution in [-0.2, 0) is 10.0 Å². The van der Waals surface area contributed by atoms with Crippen molar-refractivity contribution in [2.75, 3.05) is 36.8 Å². The number of sulfonamides is 1. The van der Waals surface area contributed by atoms with Crippen molar-refractivity contribution in [1.82, 2.24) is 9.29 Å². The van der Waals surface area contributed by atoms with Gasteiger partial charge < -0.3 is 4.90 Å². The maximum absolute atomic E-state index is 13.6. The number of anilines is 1. The molecule has 1 aliphatic rings. The van der Waals surface area contributed by atoms with Crippen molar-refractivity contribution in [3.8, 4) is 0 Å². The van der Waals surface area contributed by atoms with E-state index in [1.165, 1.54) is 11.2 Å². The normalized spacial score (nSPS) is 17.3. The van der Waals surface area contributed by atoms with Gasteiger partial charge in [-0.05, 0) is 6.92 Å². The van der Waals surface area contributed by atoms with Gasteiger partial charge in [0.1, 0.15) is 5.69 Å². The smallest absolute Gasteiger partial charge is 0.253 e. The lowest BCUT2D eigenvalue weighted by Gasteiger charge is -2.35. The average molecular weight is 327 g/mol. The summed E-state index contributed by atoms with van der Waals surface area (Å²) >= 11 is 0. The molecule has 0 radical (unpaired) electrons. The zero-order valence-corrected chi connectivity index (χ0v) is 11.9. The first kappa shape index (κ1) is 16.0. The van der Waals surface area contributed by atoms with Crippen molar-refractivity contribution in [2.24, 2.45) is 0 Å². The summed E-state index contributed by atoms with van der Waals surface area (Å²) in [6.07, 6.45) is 0. The lowest BCUT2D eigenvalue weighted by atomic mass is 10.2.